The van der Waals surface area contributed by atoms with E-state index in [1.165, 1.54) is 0 Å². The lowest BCUT2D eigenvalue weighted by atomic mass is 10.1. The molecule has 0 bridgehead atoms. The molecule has 2 rings (SSSR count). The van der Waals surface area contributed by atoms with Crippen molar-refractivity contribution in [2.75, 3.05) is 24.8 Å². The van der Waals surface area contributed by atoms with E-state index in [9.17, 15) is 4.79 Å². The first kappa shape index (κ1) is 13.4. The van der Waals surface area contributed by atoms with Gasteiger partial charge in [-0.2, -0.15) is 0 Å². The molecule has 0 spiro atoms. The van der Waals surface area contributed by atoms with E-state index in [1.807, 2.05) is 37.6 Å². The Bertz CT molecular complexity index is 416. The van der Waals surface area contributed by atoms with Crippen LogP contribution in [-0.2, 0) is 9.53 Å². The third-order valence-electron chi connectivity index (χ3n) is 3.23. The highest BCUT2D eigenvalue weighted by Crippen LogP contribution is 2.28. The maximum Gasteiger partial charge on any atom is 0.255 e. The molecule has 3 nitrogen and oxygen atoms in total. The Hall–Kier alpha value is -1.00. The molecule has 0 N–H and O–H groups in total. The van der Waals surface area contributed by atoms with Crippen LogP contribution in [0.5, 0.6) is 0 Å². The minimum atomic E-state index is -0.265. The summed E-state index contributed by atoms with van der Waals surface area (Å²) in [6, 6.07) is 7.96. The van der Waals surface area contributed by atoms with Crippen LogP contribution in [0.4, 0.5) is 5.69 Å². The Morgan fingerprint density at radius 2 is 2.17 bits per heavy atom. The van der Waals surface area contributed by atoms with Crippen molar-refractivity contribution in [2.24, 2.45) is 0 Å². The number of nitrogens with zero attached hydrogens (tertiary/aromatic N) is 1. The summed E-state index contributed by atoms with van der Waals surface area (Å²) in [6.45, 7) is 0.703. The zero-order valence-corrected chi connectivity index (χ0v) is 11.7. The van der Waals surface area contributed by atoms with Crippen LogP contribution in [0.2, 0.25) is 0 Å². The number of anilines is 1. The number of benzene rings is 1. The number of thioether (sulfide) groups is 1. The average Bonchev–Trinajstić information content (AvgIpc) is 2.46. The number of hydrogen-bond donors (Lipinski definition) is 0. The number of hydrogen-bond acceptors (Lipinski definition) is 3. The highest BCUT2D eigenvalue weighted by Gasteiger charge is 2.26. The predicted molar refractivity (Wildman–Crippen MR) is 75.2 cm³/mol. The van der Waals surface area contributed by atoms with Crippen LogP contribution in [0.15, 0.2) is 29.2 Å². The number of carbonyl (C=O) groups excluding carboxylic acids is 1. The molecule has 1 amide bonds. The topological polar surface area (TPSA) is 29.5 Å². The molecule has 1 aromatic carbocycles. The van der Waals surface area contributed by atoms with Gasteiger partial charge in [-0.25, -0.2) is 0 Å². The second kappa shape index (κ2) is 6.25. The Kier molecular flexibility index (Phi) is 4.66. The summed E-state index contributed by atoms with van der Waals surface area (Å²) in [6.07, 6.45) is 4.74. The lowest BCUT2D eigenvalue weighted by Gasteiger charge is -2.27. The van der Waals surface area contributed by atoms with Crippen LogP contribution >= 0.6 is 11.8 Å². The number of rotatable bonds is 3. The molecule has 0 aliphatic carbocycles. The molecule has 1 saturated heterocycles. The van der Waals surface area contributed by atoms with Gasteiger partial charge in [0.2, 0.25) is 0 Å². The predicted octanol–water partition coefficient (Wildman–Crippen LogP) is 2.94. The molecule has 1 aliphatic rings. The summed E-state index contributed by atoms with van der Waals surface area (Å²) in [7, 11) is 1.83. The largest absolute Gasteiger partial charge is 0.368 e. The van der Waals surface area contributed by atoms with E-state index in [2.05, 4.69) is 0 Å². The number of ether oxygens (including phenoxy) is 1. The standard InChI is InChI=1S/C14H19NO2S/c1-15(11-7-3-4-9-13(11)18-2)14(16)12-8-5-6-10-17-12/h3-4,7,9,12H,5-6,8,10H2,1-2H3/t12-/m1/s1. The normalized spacial score (nSPS) is 19.6. The first-order valence-electron chi connectivity index (χ1n) is 6.26. The maximum atomic E-state index is 12.4. The molecule has 1 fully saturated rings. The summed E-state index contributed by atoms with van der Waals surface area (Å²) >= 11 is 1.65. The van der Waals surface area contributed by atoms with Gasteiger partial charge < -0.3 is 9.64 Å². The molecule has 0 radical (unpaired) electrons. The quantitative estimate of drug-likeness (QED) is 0.787. The minimum absolute atomic E-state index is 0.0659. The van der Waals surface area contributed by atoms with E-state index in [0.717, 1.165) is 29.8 Å². The number of carbonyl (C=O) groups is 1. The summed E-state index contributed by atoms with van der Waals surface area (Å²) in [5.74, 6) is 0.0659. The molecule has 18 heavy (non-hydrogen) atoms. The van der Waals surface area contributed by atoms with Gasteiger partial charge in [-0.3, -0.25) is 4.79 Å². The van der Waals surface area contributed by atoms with Gasteiger partial charge in [-0.15, -0.1) is 11.8 Å². The van der Waals surface area contributed by atoms with E-state index < -0.39 is 0 Å². The van der Waals surface area contributed by atoms with Crippen LogP contribution in [0.25, 0.3) is 0 Å². The first-order chi connectivity index (χ1) is 8.74. The van der Waals surface area contributed by atoms with E-state index in [0.29, 0.717) is 6.61 Å². The smallest absolute Gasteiger partial charge is 0.255 e. The van der Waals surface area contributed by atoms with Crippen molar-refractivity contribution in [3.8, 4) is 0 Å². The van der Waals surface area contributed by atoms with E-state index >= 15 is 0 Å². The highest BCUT2D eigenvalue weighted by atomic mass is 32.2. The molecule has 1 aromatic rings. The van der Waals surface area contributed by atoms with Crippen molar-refractivity contribution in [3.05, 3.63) is 24.3 Å². The van der Waals surface area contributed by atoms with E-state index in [4.69, 9.17) is 4.74 Å². The molecular formula is C14H19NO2S. The number of para-hydroxylation sites is 1. The molecule has 98 valence electrons. The van der Waals surface area contributed by atoms with Crippen LogP contribution in [0.3, 0.4) is 0 Å². The summed E-state index contributed by atoms with van der Waals surface area (Å²) in [5, 5.41) is 0. The van der Waals surface area contributed by atoms with Crippen molar-refractivity contribution >= 4 is 23.4 Å². The SMILES string of the molecule is CSc1ccccc1N(C)C(=O)[C@H]1CCCCO1. The Labute approximate surface area is 113 Å². The third kappa shape index (κ3) is 2.87. The molecule has 0 saturated carbocycles. The zero-order chi connectivity index (χ0) is 13.0. The monoisotopic (exact) mass is 265 g/mol. The molecular weight excluding hydrogens is 246 g/mol. The lowest BCUT2D eigenvalue weighted by Crippen LogP contribution is -2.40. The number of amides is 1. The van der Waals surface area contributed by atoms with Gasteiger partial charge >= 0.3 is 0 Å². The Morgan fingerprint density at radius 3 is 2.83 bits per heavy atom. The fourth-order valence-corrected chi connectivity index (χ4v) is 2.81. The molecule has 0 unspecified atom stereocenters. The van der Waals surface area contributed by atoms with Crippen LogP contribution in [0, 0.1) is 0 Å². The summed E-state index contributed by atoms with van der Waals surface area (Å²) in [5.41, 5.74) is 0.962. The molecule has 0 aromatic heterocycles. The minimum Gasteiger partial charge on any atom is -0.368 e. The molecule has 1 atom stereocenters. The van der Waals surface area contributed by atoms with Crippen molar-refractivity contribution in [1.82, 2.24) is 0 Å². The molecule has 1 aliphatic heterocycles. The molecule has 1 heterocycles. The van der Waals surface area contributed by atoms with Crippen LogP contribution in [0.1, 0.15) is 19.3 Å². The van der Waals surface area contributed by atoms with Gasteiger partial charge in [-0.05, 0) is 37.7 Å². The molecule has 4 heteroatoms. The lowest BCUT2D eigenvalue weighted by molar-refractivity contribution is -0.132. The van der Waals surface area contributed by atoms with E-state index in [1.54, 1.807) is 16.7 Å². The van der Waals surface area contributed by atoms with Crippen molar-refractivity contribution < 1.29 is 9.53 Å². The summed E-state index contributed by atoms with van der Waals surface area (Å²) < 4.78 is 5.56. The van der Waals surface area contributed by atoms with Gasteiger partial charge in [-0.1, -0.05) is 12.1 Å². The van der Waals surface area contributed by atoms with Gasteiger partial charge in [0.05, 0.1) is 5.69 Å². The van der Waals surface area contributed by atoms with E-state index in [-0.39, 0.29) is 12.0 Å². The highest BCUT2D eigenvalue weighted by molar-refractivity contribution is 7.98. The summed E-state index contributed by atoms with van der Waals surface area (Å²) in [4.78, 5) is 15.2. The van der Waals surface area contributed by atoms with Crippen LogP contribution in [-0.4, -0.2) is 31.9 Å². The second-order valence-corrected chi connectivity index (χ2v) is 5.27. The van der Waals surface area contributed by atoms with Crippen molar-refractivity contribution in [1.29, 1.82) is 0 Å². The average molecular weight is 265 g/mol. The fourth-order valence-electron chi connectivity index (χ4n) is 2.18. The van der Waals surface area contributed by atoms with Gasteiger partial charge in [0.1, 0.15) is 6.10 Å². The second-order valence-electron chi connectivity index (χ2n) is 4.42. The number of likely N-dealkylation sites (N-methyl/N-ethyl adjacent to an activating group) is 1. The van der Waals surface area contributed by atoms with Gasteiger partial charge in [0.25, 0.3) is 5.91 Å². The van der Waals surface area contributed by atoms with Crippen molar-refractivity contribution in [2.45, 2.75) is 30.3 Å². The van der Waals surface area contributed by atoms with Gasteiger partial charge in [0.15, 0.2) is 0 Å². The van der Waals surface area contributed by atoms with Crippen LogP contribution < -0.4 is 4.90 Å². The first-order valence-corrected chi connectivity index (χ1v) is 7.48. The van der Waals surface area contributed by atoms with Crippen molar-refractivity contribution in [3.63, 3.8) is 0 Å². The third-order valence-corrected chi connectivity index (χ3v) is 4.02. The maximum absolute atomic E-state index is 12.4. The van der Waals surface area contributed by atoms with Gasteiger partial charge in [0, 0.05) is 18.6 Å². The Morgan fingerprint density at radius 1 is 1.39 bits per heavy atom. The zero-order valence-electron chi connectivity index (χ0n) is 10.9. The Balaban J connectivity index is 2.14. The fraction of sp³-hybridized carbons (Fsp3) is 0.500.